The van der Waals surface area contributed by atoms with E-state index in [0.29, 0.717) is 6.54 Å². The zero-order chi connectivity index (χ0) is 13.9. The molecular formula is C14H21F2N3. The highest BCUT2D eigenvalue weighted by Crippen LogP contribution is 2.32. The number of pyridine rings is 1. The number of nitrogens with zero attached hydrogens (tertiary/aromatic N) is 1. The van der Waals surface area contributed by atoms with Gasteiger partial charge in [-0.15, -0.1) is 0 Å². The first kappa shape index (κ1) is 14.0. The van der Waals surface area contributed by atoms with E-state index >= 15 is 0 Å². The summed E-state index contributed by atoms with van der Waals surface area (Å²) in [6, 6.07) is 0.888. The van der Waals surface area contributed by atoms with Crippen molar-refractivity contribution in [2.75, 3.05) is 17.2 Å². The minimum atomic E-state index is -0.654. The van der Waals surface area contributed by atoms with Crippen LogP contribution in [0.1, 0.15) is 46.0 Å². The van der Waals surface area contributed by atoms with Crippen LogP contribution in [0.4, 0.5) is 20.4 Å². The molecule has 1 aromatic heterocycles. The molecule has 1 aromatic rings. The largest absolute Gasteiger partial charge is 0.368 e. The third-order valence-electron chi connectivity index (χ3n) is 3.65. The van der Waals surface area contributed by atoms with Crippen LogP contribution >= 0.6 is 0 Å². The fraction of sp³-hybridized carbons (Fsp3) is 0.643. The third kappa shape index (κ3) is 3.33. The van der Waals surface area contributed by atoms with Crippen molar-refractivity contribution in [3.63, 3.8) is 0 Å². The van der Waals surface area contributed by atoms with Crippen molar-refractivity contribution < 1.29 is 8.78 Å². The summed E-state index contributed by atoms with van der Waals surface area (Å²) in [5, 5.41) is 5.96. The summed E-state index contributed by atoms with van der Waals surface area (Å²) in [5.74, 6) is -1.04. The van der Waals surface area contributed by atoms with Crippen LogP contribution in [0.25, 0.3) is 0 Å². The highest BCUT2D eigenvalue weighted by molar-refractivity contribution is 5.48. The molecule has 19 heavy (non-hydrogen) atoms. The average molecular weight is 269 g/mol. The van der Waals surface area contributed by atoms with Gasteiger partial charge in [0.2, 0.25) is 0 Å². The van der Waals surface area contributed by atoms with Gasteiger partial charge in [-0.3, -0.25) is 0 Å². The van der Waals surface area contributed by atoms with Gasteiger partial charge < -0.3 is 10.6 Å². The highest BCUT2D eigenvalue weighted by Gasteiger charge is 2.28. The van der Waals surface area contributed by atoms with Gasteiger partial charge in [-0.2, -0.15) is 0 Å². The van der Waals surface area contributed by atoms with Crippen LogP contribution in [0, 0.1) is 11.6 Å². The first-order chi connectivity index (χ1) is 9.04. The molecule has 1 heterocycles. The van der Waals surface area contributed by atoms with Crippen molar-refractivity contribution in [2.45, 2.75) is 51.5 Å². The number of anilines is 2. The van der Waals surface area contributed by atoms with E-state index in [4.69, 9.17) is 0 Å². The molecule has 1 saturated carbocycles. The Kier molecular flexibility index (Phi) is 4.22. The van der Waals surface area contributed by atoms with Crippen molar-refractivity contribution in [1.82, 2.24) is 4.98 Å². The van der Waals surface area contributed by atoms with Crippen LogP contribution in [0.2, 0.25) is 0 Å². The fourth-order valence-corrected chi connectivity index (χ4v) is 2.59. The zero-order valence-corrected chi connectivity index (χ0v) is 11.5. The van der Waals surface area contributed by atoms with Gasteiger partial charge in [-0.05, 0) is 26.7 Å². The van der Waals surface area contributed by atoms with Crippen molar-refractivity contribution in [3.05, 3.63) is 17.7 Å². The smallest absolute Gasteiger partial charge is 0.168 e. The summed E-state index contributed by atoms with van der Waals surface area (Å²) in [6.45, 7) is 4.47. The Morgan fingerprint density at radius 3 is 2.42 bits per heavy atom. The molecule has 0 radical (unpaired) electrons. The quantitative estimate of drug-likeness (QED) is 0.869. The number of halogens is 2. The van der Waals surface area contributed by atoms with E-state index in [1.807, 2.05) is 6.92 Å². The van der Waals surface area contributed by atoms with Crippen LogP contribution in [0.3, 0.4) is 0 Å². The minimum absolute atomic E-state index is 0.103. The average Bonchev–Trinajstić information content (AvgIpc) is 2.36. The molecule has 1 aliphatic rings. The highest BCUT2D eigenvalue weighted by atomic mass is 19.1. The Hall–Kier alpha value is -1.39. The van der Waals surface area contributed by atoms with Crippen molar-refractivity contribution in [3.8, 4) is 0 Å². The van der Waals surface area contributed by atoms with Gasteiger partial charge in [0.15, 0.2) is 23.3 Å². The van der Waals surface area contributed by atoms with Gasteiger partial charge in [0.05, 0.1) is 0 Å². The van der Waals surface area contributed by atoms with Gasteiger partial charge in [-0.25, -0.2) is 13.8 Å². The zero-order valence-electron chi connectivity index (χ0n) is 11.5. The van der Waals surface area contributed by atoms with Gasteiger partial charge in [0, 0.05) is 18.2 Å². The van der Waals surface area contributed by atoms with E-state index in [-0.39, 0.29) is 17.2 Å². The van der Waals surface area contributed by atoms with Gasteiger partial charge in [-0.1, -0.05) is 19.3 Å². The second-order valence-corrected chi connectivity index (χ2v) is 5.43. The molecule has 0 aromatic carbocycles. The standard InChI is InChI=1S/C14H21F2N3/c1-3-17-12-10(15)9-11(16)13(18-12)19-14(2)7-5-4-6-8-14/h9H,3-8H2,1-2H3,(H2,17,18,19). The van der Waals surface area contributed by atoms with Crippen LogP contribution in [0.5, 0.6) is 0 Å². The summed E-state index contributed by atoms with van der Waals surface area (Å²) >= 11 is 0. The Morgan fingerprint density at radius 1 is 1.16 bits per heavy atom. The lowest BCUT2D eigenvalue weighted by Gasteiger charge is -2.35. The van der Waals surface area contributed by atoms with Crippen molar-refractivity contribution in [2.24, 2.45) is 0 Å². The number of rotatable bonds is 4. The SMILES string of the molecule is CCNc1nc(NC2(C)CCCCC2)c(F)cc1F. The lowest BCUT2D eigenvalue weighted by atomic mass is 9.83. The molecule has 0 aliphatic heterocycles. The molecule has 0 atom stereocenters. The van der Waals surface area contributed by atoms with E-state index in [1.165, 1.54) is 6.42 Å². The molecule has 3 nitrogen and oxygen atoms in total. The predicted molar refractivity (Wildman–Crippen MR) is 73.4 cm³/mol. The maximum absolute atomic E-state index is 13.8. The summed E-state index contributed by atoms with van der Waals surface area (Å²) in [4.78, 5) is 4.03. The van der Waals surface area contributed by atoms with Gasteiger partial charge >= 0.3 is 0 Å². The fourth-order valence-electron chi connectivity index (χ4n) is 2.59. The number of aromatic nitrogens is 1. The van der Waals surface area contributed by atoms with Gasteiger partial charge in [0.25, 0.3) is 0 Å². The van der Waals surface area contributed by atoms with E-state index in [9.17, 15) is 8.78 Å². The summed E-state index contributed by atoms with van der Waals surface area (Å²) in [6.07, 6.45) is 5.46. The van der Waals surface area contributed by atoms with E-state index in [0.717, 1.165) is 31.7 Å². The molecule has 5 heteroatoms. The molecular weight excluding hydrogens is 248 g/mol. The second-order valence-electron chi connectivity index (χ2n) is 5.43. The Morgan fingerprint density at radius 2 is 1.79 bits per heavy atom. The number of hydrogen-bond acceptors (Lipinski definition) is 3. The van der Waals surface area contributed by atoms with Crippen molar-refractivity contribution in [1.29, 1.82) is 0 Å². The van der Waals surface area contributed by atoms with Crippen LogP contribution in [0.15, 0.2) is 6.07 Å². The van der Waals surface area contributed by atoms with E-state index < -0.39 is 11.6 Å². The molecule has 0 spiro atoms. The van der Waals surface area contributed by atoms with Crippen molar-refractivity contribution >= 4 is 11.6 Å². The van der Waals surface area contributed by atoms with E-state index in [1.54, 1.807) is 0 Å². The Labute approximate surface area is 112 Å². The molecule has 0 amide bonds. The molecule has 0 unspecified atom stereocenters. The van der Waals surface area contributed by atoms with E-state index in [2.05, 4.69) is 22.5 Å². The molecule has 1 fully saturated rings. The normalized spacial score (nSPS) is 18.1. The first-order valence-electron chi connectivity index (χ1n) is 6.92. The van der Waals surface area contributed by atoms with Crippen LogP contribution in [-0.2, 0) is 0 Å². The number of hydrogen-bond donors (Lipinski definition) is 2. The lowest BCUT2D eigenvalue weighted by molar-refractivity contribution is 0.347. The lowest BCUT2D eigenvalue weighted by Crippen LogP contribution is -2.37. The van der Waals surface area contributed by atoms with Crippen LogP contribution < -0.4 is 10.6 Å². The van der Waals surface area contributed by atoms with Crippen LogP contribution in [-0.4, -0.2) is 17.1 Å². The first-order valence-corrected chi connectivity index (χ1v) is 6.92. The van der Waals surface area contributed by atoms with Gasteiger partial charge in [0.1, 0.15) is 0 Å². The minimum Gasteiger partial charge on any atom is -0.368 e. The topological polar surface area (TPSA) is 37.0 Å². The molecule has 2 N–H and O–H groups in total. The monoisotopic (exact) mass is 269 g/mol. The molecule has 0 saturated heterocycles. The molecule has 0 bridgehead atoms. The number of nitrogens with one attached hydrogen (secondary N) is 2. The molecule has 2 rings (SSSR count). The third-order valence-corrected chi connectivity index (χ3v) is 3.65. The maximum Gasteiger partial charge on any atom is 0.168 e. The molecule has 106 valence electrons. The Balaban J connectivity index is 2.21. The predicted octanol–water partition coefficient (Wildman–Crippen LogP) is 3.93. The summed E-state index contributed by atoms with van der Waals surface area (Å²) < 4.78 is 27.3. The summed E-state index contributed by atoms with van der Waals surface area (Å²) in [5.41, 5.74) is -0.145. The Bertz CT molecular complexity index is 443. The molecule has 1 aliphatic carbocycles. The maximum atomic E-state index is 13.8. The second kappa shape index (κ2) is 5.72. The summed E-state index contributed by atoms with van der Waals surface area (Å²) in [7, 11) is 0.